The summed E-state index contributed by atoms with van der Waals surface area (Å²) in [6, 6.07) is 18.7. The van der Waals surface area contributed by atoms with Crippen molar-refractivity contribution in [3.05, 3.63) is 94.4 Å². The summed E-state index contributed by atoms with van der Waals surface area (Å²) in [7, 11) is 0. The van der Waals surface area contributed by atoms with Crippen LogP contribution in [0.5, 0.6) is 0 Å². The quantitative estimate of drug-likeness (QED) is 0.286. The van der Waals surface area contributed by atoms with Gasteiger partial charge in [-0.1, -0.05) is 47.1 Å². The second-order valence-corrected chi connectivity index (χ2v) is 7.86. The molecule has 0 aliphatic rings. The van der Waals surface area contributed by atoms with Crippen LogP contribution in [-0.2, 0) is 4.84 Å². The van der Waals surface area contributed by atoms with Gasteiger partial charge in [0.1, 0.15) is 12.3 Å². The molecule has 0 amide bonds. The first kappa shape index (κ1) is 20.7. The number of aryl methyl sites for hydroxylation is 4. The third kappa shape index (κ3) is 4.06. The number of hydrogen-bond donors (Lipinski definition) is 0. The van der Waals surface area contributed by atoms with E-state index in [9.17, 15) is 0 Å². The van der Waals surface area contributed by atoms with Gasteiger partial charge in [0.15, 0.2) is 0 Å². The molecule has 0 N–H and O–H groups in total. The molecule has 0 unspecified atom stereocenters. The zero-order valence-corrected chi connectivity index (χ0v) is 18.7. The van der Waals surface area contributed by atoms with Crippen molar-refractivity contribution in [1.29, 1.82) is 0 Å². The summed E-state index contributed by atoms with van der Waals surface area (Å²) in [4.78, 5) is 15.0. The van der Waals surface area contributed by atoms with Crippen LogP contribution in [-0.4, -0.2) is 22.3 Å². The first-order valence-corrected chi connectivity index (χ1v) is 10.6. The lowest BCUT2D eigenvalue weighted by Gasteiger charge is -2.16. The van der Waals surface area contributed by atoms with Gasteiger partial charge < -0.3 is 4.84 Å². The molecule has 4 nitrogen and oxygen atoms in total. The number of oxime groups is 1. The summed E-state index contributed by atoms with van der Waals surface area (Å²) in [5.74, 6) is 0. The molecule has 0 spiro atoms. The first-order chi connectivity index (χ1) is 15.0. The molecule has 0 aliphatic carbocycles. The summed E-state index contributed by atoms with van der Waals surface area (Å²) < 4.78 is 0. The van der Waals surface area contributed by atoms with Crippen LogP contribution in [0.1, 0.15) is 40.6 Å². The van der Waals surface area contributed by atoms with Gasteiger partial charge in [-0.2, -0.15) is 0 Å². The number of benzene rings is 2. The molecule has 0 radical (unpaired) electrons. The fraction of sp³-hybridized carbons (Fsp3) is 0.222. The molecular weight excluding hydrogens is 382 g/mol. The smallest absolute Gasteiger partial charge is 0.136 e. The van der Waals surface area contributed by atoms with E-state index in [0.29, 0.717) is 12.3 Å². The lowest BCUT2D eigenvalue weighted by Crippen LogP contribution is -2.09. The van der Waals surface area contributed by atoms with Gasteiger partial charge in [-0.15, -0.1) is 0 Å². The highest BCUT2D eigenvalue weighted by Crippen LogP contribution is 2.35. The standard InChI is InChI=1S/C27H27N3O/c1-6-31-30-27(24-12-7-8-13-28-24)23-16-20(5)29-26-21(23)10-9-11-22(26)25-18(3)14-17(2)15-19(25)4/h7-16H,6H2,1-5H3/b30-27-. The Morgan fingerprint density at radius 2 is 1.71 bits per heavy atom. The minimum atomic E-state index is 0.491. The van der Waals surface area contributed by atoms with Gasteiger partial charge in [-0.25, -0.2) is 0 Å². The highest BCUT2D eigenvalue weighted by Gasteiger charge is 2.18. The number of pyridine rings is 2. The Hall–Kier alpha value is -3.53. The molecule has 0 aliphatic heterocycles. The molecule has 2 aromatic heterocycles. The molecule has 0 saturated heterocycles. The van der Waals surface area contributed by atoms with Crippen molar-refractivity contribution < 1.29 is 4.84 Å². The van der Waals surface area contributed by atoms with E-state index >= 15 is 0 Å². The van der Waals surface area contributed by atoms with Crippen LogP contribution in [0.2, 0.25) is 0 Å². The third-order valence-electron chi connectivity index (χ3n) is 5.36. The van der Waals surface area contributed by atoms with Gasteiger partial charge in [0, 0.05) is 28.4 Å². The average molecular weight is 410 g/mol. The molecule has 4 heteroatoms. The third-order valence-corrected chi connectivity index (χ3v) is 5.36. The molecule has 156 valence electrons. The Morgan fingerprint density at radius 1 is 0.935 bits per heavy atom. The van der Waals surface area contributed by atoms with Crippen molar-refractivity contribution in [2.24, 2.45) is 5.16 Å². The van der Waals surface area contributed by atoms with E-state index in [0.717, 1.165) is 33.4 Å². The number of nitrogens with zero attached hydrogens (tertiary/aromatic N) is 3. The van der Waals surface area contributed by atoms with E-state index in [2.05, 4.69) is 67.3 Å². The number of hydrogen-bond acceptors (Lipinski definition) is 4. The Balaban J connectivity index is 2.03. The topological polar surface area (TPSA) is 47.4 Å². The van der Waals surface area contributed by atoms with Gasteiger partial charge in [-0.05, 0) is 69.5 Å². The lowest BCUT2D eigenvalue weighted by atomic mass is 9.90. The fourth-order valence-corrected chi connectivity index (χ4v) is 4.24. The molecule has 4 rings (SSSR count). The second-order valence-electron chi connectivity index (χ2n) is 7.86. The molecule has 0 saturated carbocycles. The van der Waals surface area contributed by atoms with Crippen molar-refractivity contribution in [2.45, 2.75) is 34.6 Å². The zero-order valence-electron chi connectivity index (χ0n) is 18.7. The van der Waals surface area contributed by atoms with Crippen LogP contribution in [0, 0.1) is 27.7 Å². The summed E-state index contributed by atoms with van der Waals surface area (Å²) in [5, 5.41) is 5.48. The monoisotopic (exact) mass is 409 g/mol. The number of para-hydroxylation sites is 1. The molecule has 0 fully saturated rings. The van der Waals surface area contributed by atoms with Crippen molar-refractivity contribution in [2.75, 3.05) is 6.61 Å². The summed E-state index contributed by atoms with van der Waals surface area (Å²) in [5.41, 5.74) is 10.5. The van der Waals surface area contributed by atoms with E-state index in [4.69, 9.17) is 9.82 Å². The number of fused-ring (bicyclic) bond motifs is 1. The van der Waals surface area contributed by atoms with Crippen molar-refractivity contribution in [3.63, 3.8) is 0 Å². The average Bonchev–Trinajstić information content (AvgIpc) is 2.74. The second kappa shape index (κ2) is 8.68. The van der Waals surface area contributed by atoms with Gasteiger partial charge in [0.25, 0.3) is 0 Å². The number of rotatable bonds is 5. The minimum Gasteiger partial charge on any atom is -0.396 e. The molecule has 2 heterocycles. The van der Waals surface area contributed by atoms with Crippen LogP contribution < -0.4 is 0 Å². The number of aromatic nitrogens is 2. The summed E-state index contributed by atoms with van der Waals surface area (Å²) >= 11 is 0. The van der Waals surface area contributed by atoms with Gasteiger partial charge in [0.05, 0.1) is 11.2 Å². The van der Waals surface area contributed by atoms with E-state index in [-0.39, 0.29) is 0 Å². The summed E-state index contributed by atoms with van der Waals surface area (Å²) in [6.07, 6.45) is 1.78. The van der Waals surface area contributed by atoms with Crippen LogP contribution in [0.4, 0.5) is 0 Å². The van der Waals surface area contributed by atoms with Crippen LogP contribution in [0.25, 0.3) is 22.0 Å². The summed E-state index contributed by atoms with van der Waals surface area (Å²) in [6.45, 7) is 10.9. The normalized spacial score (nSPS) is 11.7. The SMILES string of the molecule is CCO/N=C(\c1ccccn1)c1cc(C)nc2c(-c3c(C)cc(C)cc3C)cccc12. The van der Waals surface area contributed by atoms with E-state index in [1.807, 2.05) is 32.0 Å². The highest BCUT2D eigenvalue weighted by molar-refractivity contribution is 6.19. The fourth-order valence-electron chi connectivity index (χ4n) is 4.24. The maximum Gasteiger partial charge on any atom is 0.136 e. The maximum atomic E-state index is 5.49. The van der Waals surface area contributed by atoms with E-state index < -0.39 is 0 Å². The minimum absolute atomic E-state index is 0.491. The van der Waals surface area contributed by atoms with Crippen molar-refractivity contribution >= 4 is 16.6 Å². The Kier molecular flexibility index (Phi) is 5.81. The molecule has 0 bridgehead atoms. The predicted molar refractivity (Wildman–Crippen MR) is 128 cm³/mol. The van der Waals surface area contributed by atoms with Gasteiger partial charge in [-0.3, -0.25) is 9.97 Å². The lowest BCUT2D eigenvalue weighted by molar-refractivity contribution is 0.159. The van der Waals surface area contributed by atoms with Crippen molar-refractivity contribution in [1.82, 2.24) is 9.97 Å². The van der Waals surface area contributed by atoms with Crippen molar-refractivity contribution in [3.8, 4) is 11.1 Å². The molecular formula is C27H27N3O. The van der Waals surface area contributed by atoms with Gasteiger partial charge in [0.2, 0.25) is 0 Å². The van der Waals surface area contributed by atoms with E-state index in [1.165, 1.54) is 22.3 Å². The first-order valence-electron chi connectivity index (χ1n) is 10.6. The molecule has 4 aromatic rings. The van der Waals surface area contributed by atoms with Crippen LogP contribution >= 0.6 is 0 Å². The van der Waals surface area contributed by atoms with Gasteiger partial charge >= 0.3 is 0 Å². The van der Waals surface area contributed by atoms with E-state index in [1.54, 1.807) is 6.20 Å². The zero-order chi connectivity index (χ0) is 22.0. The molecule has 0 atom stereocenters. The Morgan fingerprint density at radius 3 is 2.39 bits per heavy atom. The predicted octanol–water partition coefficient (Wildman–Crippen LogP) is 6.32. The Bertz CT molecular complexity index is 1250. The molecule has 2 aromatic carbocycles. The largest absolute Gasteiger partial charge is 0.396 e. The molecule has 31 heavy (non-hydrogen) atoms. The van der Waals surface area contributed by atoms with Crippen LogP contribution in [0.3, 0.4) is 0 Å². The maximum absolute atomic E-state index is 5.49. The van der Waals surface area contributed by atoms with Crippen LogP contribution in [0.15, 0.2) is 65.9 Å². The highest BCUT2D eigenvalue weighted by atomic mass is 16.6. The Labute approximate surface area is 183 Å².